The molecule has 0 atom stereocenters. The Morgan fingerprint density at radius 2 is 1.79 bits per heavy atom. The summed E-state index contributed by atoms with van der Waals surface area (Å²) in [4.78, 5) is 12.5. The van der Waals surface area contributed by atoms with Crippen LogP contribution >= 0.6 is 15.9 Å². The van der Waals surface area contributed by atoms with E-state index in [1.807, 2.05) is 72.8 Å². The number of carbonyl (C=O) groups is 1. The molecule has 0 unspecified atom stereocenters. The maximum absolute atomic E-state index is 12.5. The number of anilines is 1. The summed E-state index contributed by atoms with van der Waals surface area (Å²) in [5, 5.41) is 12.2. The molecule has 3 aromatic rings. The summed E-state index contributed by atoms with van der Waals surface area (Å²) in [5.74, 6) is 0.132. The van der Waals surface area contributed by atoms with Gasteiger partial charge in [-0.3, -0.25) is 4.79 Å². The van der Waals surface area contributed by atoms with Crippen LogP contribution in [0.5, 0.6) is 5.75 Å². The van der Waals surface area contributed by atoms with Gasteiger partial charge < -0.3 is 10.1 Å². The normalized spacial score (nSPS) is 10.8. The molecule has 28 heavy (non-hydrogen) atoms. The highest BCUT2D eigenvalue weighted by Gasteiger charge is 2.11. The Balaban J connectivity index is 1.78. The molecule has 1 amide bonds. The fraction of sp³-hybridized carbons (Fsp3) is 0.0435. The van der Waals surface area contributed by atoms with Gasteiger partial charge in [0.1, 0.15) is 24.0 Å². The molecule has 0 aliphatic rings. The predicted octanol–water partition coefficient (Wildman–Crippen LogP) is 5.57. The van der Waals surface area contributed by atoms with Crippen LogP contribution < -0.4 is 10.1 Å². The van der Waals surface area contributed by atoms with Crippen molar-refractivity contribution < 1.29 is 9.53 Å². The van der Waals surface area contributed by atoms with Gasteiger partial charge in [-0.1, -0.05) is 70.5 Å². The maximum Gasteiger partial charge on any atom is 0.266 e. The van der Waals surface area contributed by atoms with Gasteiger partial charge in [0.25, 0.3) is 5.91 Å². The standard InChI is InChI=1S/C23H17BrN2O2/c24-20-10-6-11-21(14-20)26-23(27)19(15-25)13-18-9-4-5-12-22(18)28-16-17-7-2-1-3-8-17/h1-14H,16H2,(H,26,27)/b19-13-. The van der Waals surface area contributed by atoms with E-state index in [0.29, 0.717) is 23.6 Å². The van der Waals surface area contributed by atoms with Crippen LogP contribution in [0.4, 0.5) is 5.69 Å². The second-order valence-electron chi connectivity index (χ2n) is 5.95. The van der Waals surface area contributed by atoms with Gasteiger partial charge in [0.2, 0.25) is 0 Å². The Hall–Kier alpha value is -3.36. The van der Waals surface area contributed by atoms with Crippen LogP contribution in [0.1, 0.15) is 11.1 Å². The molecular formula is C23H17BrN2O2. The van der Waals surface area contributed by atoms with Gasteiger partial charge in [0.15, 0.2) is 0 Å². The molecule has 0 radical (unpaired) electrons. The number of halogens is 1. The third-order valence-corrected chi connectivity index (χ3v) is 4.40. The SMILES string of the molecule is N#C/C(=C/c1ccccc1OCc1ccccc1)C(=O)Nc1cccc(Br)c1. The molecule has 0 aliphatic heterocycles. The number of ether oxygens (including phenoxy) is 1. The molecule has 0 saturated carbocycles. The average molecular weight is 433 g/mol. The molecular weight excluding hydrogens is 416 g/mol. The van der Waals surface area contributed by atoms with Crippen molar-refractivity contribution in [3.8, 4) is 11.8 Å². The van der Waals surface area contributed by atoms with E-state index in [1.165, 1.54) is 6.08 Å². The van der Waals surface area contributed by atoms with Crippen molar-refractivity contribution in [3.05, 3.63) is 100 Å². The van der Waals surface area contributed by atoms with Crippen LogP contribution in [-0.4, -0.2) is 5.91 Å². The molecule has 0 bridgehead atoms. The summed E-state index contributed by atoms with van der Waals surface area (Å²) < 4.78 is 6.73. The summed E-state index contributed by atoms with van der Waals surface area (Å²) in [6.07, 6.45) is 1.54. The predicted molar refractivity (Wildman–Crippen MR) is 114 cm³/mol. The largest absolute Gasteiger partial charge is 0.488 e. The quantitative estimate of drug-likeness (QED) is 0.408. The minimum Gasteiger partial charge on any atom is -0.488 e. The number of nitriles is 1. The highest BCUT2D eigenvalue weighted by atomic mass is 79.9. The smallest absolute Gasteiger partial charge is 0.266 e. The van der Waals surface area contributed by atoms with Crippen LogP contribution in [-0.2, 0) is 11.4 Å². The van der Waals surface area contributed by atoms with E-state index in [9.17, 15) is 10.1 Å². The lowest BCUT2D eigenvalue weighted by Gasteiger charge is -2.10. The van der Waals surface area contributed by atoms with Crippen LogP contribution in [0.3, 0.4) is 0 Å². The number of rotatable bonds is 6. The first kappa shape index (κ1) is 19.4. The van der Waals surface area contributed by atoms with E-state index in [2.05, 4.69) is 21.2 Å². The number of hydrogen-bond acceptors (Lipinski definition) is 3. The van der Waals surface area contributed by atoms with Gasteiger partial charge in [-0.05, 0) is 35.9 Å². The minimum atomic E-state index is -0.474. The molecule has 4 nitrogen and oxygen atoms in total. The third-order valence-electron chi connectivity index (χ3n) is 3.90. The van der Waals surface area contributed by atoms with Crippen molar-refractivity contribution in [2.75, 3.05) is 5.32 Å². The van der Waals surface area contributed by atoms with Crippen molar-refractivity contribution in [2.45, 2.75) is 6.61 Å². The monoisotopic (exact) mass is 432 g/mol. The van der Waals surface area contributed by atoms with E-state index in [-0.39, 0.29) is 5.57 Å². The molecule has 0 spiro atoms. The van der Waals surface area contributed by atoms with Gasteiger partial charge in [0.05, 0.1) is 0 Å². The first-order valence-corrected chi connectivity index (χ1v) is 9.39. The maximum atomic E-state index is 12.5. The first-order chi connectivity index (χ1) is 13.7. The lowest BCUT2D eigenvalue weighted by atomic mass is 10.1. The van der Waals surface area contributed by atoms with Crippen LogP contribution in [0, 0.1) is 11.3 Å². The number of para-hydroxylation sites is 1. The summed E-state index contributed by atoms with van der Waals surface area (Å²) in [5.41, 5.74) is 2.30. The van der Waals surface area contributed by atoms with E-state index < -0.39 is 5.91 Å². The van der Waals surface area contributed by atoms with E-state index in [1.54, 1.807) is 12.1 Å². The topological polar surface area (TPSA) is 62.1 Å². The Morgan fingerprint density at radius 3 is 2.54 bits per heavy atom. The zero-order valence-electron chi connectivity index (χ0n) is 14.9. The lowest BCUT2D eigenvalue weighted by molar-refractivity contribution is -0.112. The Labute approximate surface area is 172 Å². The van der Waals surface area contributed by atoms with E-state index in [0.717, 1.165) is 10.0 Å². The molecule has 0 saturated heterocycles. The van der Waals surface area contributed by atoms with Gasteiger partial charge >= 0.3 is 0 Å². The van der Waals surface area contributed by atoms with Gasteiger partial charge in [-0.15, -0.1) is 0 Å². The van der Waals surface area contributed by atoms with Crippen LogP contribution in [0.2, 0.25) is 0 Å². The van der Waals surface area contributed by atoms with Crippen molar-refractivity contribution >= 4 is 33.6 Å². The molecule has 3 rings (SSSR count). The summed E-state index contributed by atoms with van der Waals surface area (Å²) in [6.45, 7) is 0.401. The number of nitrogens with one attached hydrogen (secondary N) is 1. The van der Waals surface area contributed by atoms with Gasteiger partial charge in [-0.2, -0.15) is 5.26 Å². The second kappa shape index (κ2) is 9.54. The van der Waals surface area contributed by atoms with Crippen LogP contribution in [0.25, 0.3) is 6.08 Å². The highest BCUT2D eigenvalue weighted by molar-refractivity contribution is 9.10. The number of benzene rings is 3. The summed E-state index contributed by atoms with van der Waals surface area (Å²) in [6, 6.07) is 26.3. The Bertz CT molecular complexity index is 1040. The summed E-state index contributed by atoms with van der Waals surface area (Å²) >= 11 is 3.36. The second-order valence-corrected chi connectivity index (χ2v) is 6.86. The molecule has 1 N–H and O–H groups in total. The van der Waals surface area contributed by atoms with E-state index in [4.69, 9.17) is 4.74 Å². The van der Waals surface area contributed by atoms with Crippen LogP contribution in [0.15, 0.2) is 88.9 Å². The molecule has 0 fully saturated rings. The Kier molecular flexibility index (Phi) is 6.61. The average Bonchev–Trinajstić information content (AvgIpc) is 2.72. The minimum absolute atomic E-state index is 0.00395. The van der Waals surface area contributed by atoms with Crippen molar-refractivity contribution in [1.82, 2.24) is 0 Å². The molecule has 0 aliphatic carbocycles. The molecule has 138 valence electrons. The molecule has 0 aromatic heterocycles. The molecule has 5 heteroatoms. The van der Waals surface area contributed by atoms with E-state index >= 15 is 0 Å². The van der Waals surface area contributed by atoms with Crippen molar-refractivity contribution in [1.29, 1.82) is 5.26 Å². The lowest BCUT2D eigenvalue weighted by Crippen LogP contribution is -2.13. The van der Waals surface area contributed by atoms with Crippen molar-refractivity contribution in [2.24, 2.45) is 0 Å². The van der Waals surface area contributed by atoms with Gasteiger partial charge in [0, 0.05) is 15.7 Å². The van der Waals surface area contributed by atoms with Gasteiger partial charge in [-0.25, -0.2) is 0 Å². The number of amides is 1. The number of nitrogens with zero attached hydrogens (tertiary/aromatic N) is 1. The molecule has 0 heterocycles. The number of carbonyl (C=O) groups excluding carboxylic acids is 1. The zero-order valence-corrected chi connectivity index (χ0v) is 16.5. The Morgan fingerprint density at radius 1 is 1.04 bits per heavy atom. The third kappa shape index (κ3) is 5.32. The highest BCUT2D eigenvalue weighted by Crippen LogP contribution is 2.23. The first-order valence-electron chi connectivity index (χ1n) is 8.60. The zero-order chi connectivity index (χ0) is 19.8. The summed E-state index contributed by atoms with van der Waals surface area (Å²) in [7, 11) is 0. The number of hydrogen-bond donors (Lipinski definition) is 1. The van der Waals surface area contributed by atoms with Crippen molar-refractivity contribution in [3.63, 3.8) is 0 Å². The molecule has 3 aromatic carbocycles. The fourth-order valence-corrected chi connectivity index (χ4v) is 2.93. The fourth-order valence-electron chi connectivity index (χ4n) is 2.54.